The van der Waals surface area contributed by atoms with E-state index in [2.05, 4.69) is 38.4 Å². The molecule has 0 aliphatic carbocycles. The quantitative estimate of drug-likeness (QED) is 0.355. The lowest BCUT2D eigenvalue weighted by Gasteiger charge is -2.14. The molecule has 32 heavy (non-hydrogen) atoms. The predicted octanol–water partition coefficient (Wildman–Crippen LogP) is 2.84. The largest absolute Gasteiger partial charge is 0.497 e. The van der Waals surface area contributed by atoms with Crippen molar-refractivity contribution in [3.63, 3.8) is 0 Å². The van der Waals surface area contributed by atoms with Gasteiger partial charge in [0.05, 0.1) is 20.8 Å². The molecular formula is C24H32N6O2. The molecule has 0 aliphatic heterocycles. The monoisotopic (exact) mass is 436 g/mol. The molecule has 0 atom stereocenters. The molecule has 2 aromatic carbocycles. The maximum absolute atomic E-state index is 5.46. The van der Waals surface area contributed by atoms with Gasteiger partial charge in [-0.05, 0) is 35.7 Å². The lowest BCUT2D eigenvalue weighted by atomic mass is 10.1. The van der Waals surface area contributed by atoms with Crippen molar-refractivity contribution in [2.24, 2.45) is 4.99 Å². The van der Waals surface area contributed by atoms with Crippen LogP contribution in [0.3, 0.4) is 0 Å². The van der Waals surface area contributed by atoms with Gasteiger partial charge in [-0.15, -0.1) is 10.2 Å². The maximum Gasteiger partial charge on any atom is 0.191 e. The minimum atomic E-state index is 0.570. The summed E-state index contributed by atoms with van der Waals surface area (Å²) in [6, 6.07) is 16.0. The summed E-state index contributed by atoms with van der Waals surface area (Å²) in [5.41, 5.74) is 2.28. The number of hydrogen-bond donors (Lipinski definition) is 2. The number of aromatic nitrogens is 3. The Labute approximate surface area is 189 Å². The van der Waals surface area contributed by atoms with Crippen molar-refractivity contribution in [1.82, 2.24) is 25.4 Å². The molecule has 0 unspecified atom stereocenters. The zero-order valence-corrected chi connectivity index (χ0v) is 19.0. The van der Waals surface area contributed by atoms with Crippen molar-refractivity contribution in [2.75, 3.05) is 27.3 Å². The van der Waals surface area contributed by atoms with Crippen molar-refractivity contribution in [2.45, 2.75) is 32.9 Å². The lowest BCUT2D eigenvalue weighted by molar-refractivity contribution is 0.409. The Morgan fingerprint density at radius 1 is 1.00 bits per heavy atom. The Kier molecular flexibility index (Phi) is 8.92. The first kappa shape index (κ1) is 23.1. The molecular weight excluding hydrogens is 404 g/mol. The molecule has 0 amide bonds. The Morgan fingerprint density at radius 2 is 1.78 bits per heavy atom. The van der Waals surface area contributed by atoms with Crippen LogP contribution >= 0.6 is 0 Å². The van der Waals surface area contributed by atoms with Crippen molar-refractivity contribution >= 4 is 5.96 Å². The Bertz CT molecular complexity index is 984. The number of hydrogen-bond acceptors (Lipinski definition) is 5. The lowest BCUT2D eigenvalue weighted by Crippen LogP contribution is -2.40. The van der Waals surface area contributed by atoms with Crippen LogP contribution in [0.5, 0.6) is 11.5 Å². The van der Waals surface area contributed by atoms with E-state index < -0.39 is 0 Å². The Hall–Kier alpha value is -3.55. The molecule has 0 saturated carbocycles. The normalized spacial score (nSPS) is 11.3. The van der Waals surface area contributed by atoms with Crippen LogP contribution < -0.4 is 20.1 Å². The van der Waals surface area contributed by atoms with Crippen LogP contribution in [-0.2, 0) is 25.9 Å². The van der Waals surface area contributed by atoms with Crippen molar-refractivity contribution in [1.29, 1.82) is 0 Å². The highest BCUT2D eigenvalue weighted by Gasteiger charge is 2.05. The number of nitrogens with one attached hydrogen (secondary N) is 2. The summed E-state index contributed by atoms with van der Waals surface area (Å²) in [7, 11) is 3.37. The number of nitrogens with zero attached hydrogens (tertiary/aromatic N) is 4. The van der Waals surface area contributed by atoms with Gasteiger partial charge in [0.15, 0.2) is 5.96 Å². The molecule has 1 aromatic heterocycles. The molecule has 3 aromatic rings. The summed E-state index contributed by atoms with van der Waals surface area (Å²) >= 11 is 0. The van der Waals surface area contributed by atoms with Crippen molar-refractivity contribution in [3.05, 3.63) is 71.8 Å². The van der Waals surface area contributed by atoms with Crippen LogP contribution in [0, 0.1) is 0 Å². The fourth-order valence-electron chi connectivity index (χ4n) is 3.33. The average Bonchev–Trinajstić information content (AvgIpc) is 3.30. The minimum absolute atomic E-state index is 0.570. The van der Waals surface area contributed by atoms with E-state index in [1.807, 2.05) is 42.5 Å². The zero-order valence-electron chi connectivity index (χ0n) is 19.0. The number of aryl methyl sites for hydroxylation is 1. The summed E-state index contributed by atoms with van der Waals surface area (Å²) in [6.07, 6.45) is 3.46. The number of ether oxygens (including phenoxy) is 2. The van der Waals surface area contributed by atoms with Gasteiger partial charge in [0.2, 0.25) is 0 Å². The molecule has 8 nitrogen and oxygen atoms in total. The second kappa shape index (κ2) is 12.3. The molecule has 0 spiro atoms. The molecule has 8 heteroatoms. The minimum Gasteiger partial charge on any atom is -0.497 e. The van der Waals surface area contributed by atoms with Crippen molar-refractivity contribution in [3.8, 4) is 11.5 Å². The molecule has 3 rings (SSSR count). The standard InChI is InChI=1S/C24H32N6O2/c1-4-23-29-28-18-30(23)16-15-26-24(27-17-19-9-11-21(31-2)12-10-19)25-14-13-20-7-5-6-8-22(20)32-3/h5-12,18H,4,13-17H2,1-3H3,(H2,25,26,27). The highest BCUT2D eigenvalue weighted by atomic mass is 16.5. The van der Waals surface area contributed by atoms with E-state index in [0.29, 0.717) is 13.1 Å². The summed E-state index contributed by atoms with van der Waals surface area (Å²) in [5, 5.41) is 15.0. The summed E-state index contributed by atoms with van der Waals surface area (Å²) in [5.74, 6) is 3.49. The second-order valence-electron chi connectivity index (χ2n) is 7.22. The van der Waals surface area contributed by atoms with Crippen LogP contribution in [0.4, 0.5) is 0 Å². The number of benzene rings is 2. The first-order valence-electron chi connectivity index (χ1n) is 10.9. The van der Waals surface area contributed by atoms with E-state index in [1.165, 1.54) is 0 Å². The highest BCUT2D eigenvalue weighted by molar-refractivity contribution is 5.79. The fraction of sp³-hybridized carbons (Fsp3) is 0.375. The third-order valence-corrected chi connectivity index (χ3v) is 5.12. The molecule has 0 aliphatic rings. The second-order valence-corrected chi connectivity index (χ2v) is 7.22. The van der Waals surface area contributed by atoms with E-state index in [4.69, 9.17) is 14.5 Å². The number of rotatable bonds is 11. The van der Waals surface area contributed by atoms with Crippen LogP contribution in [-0.4, -0.2) is 48.0 Å². The first-order chi connectivity index (χ1) is 15.7. The maximum atomic E-state index is 5.46. The average molecular weight is 437 g/mol. The molecule has 170 valence electrons. The van der Waals surface area contributed by atoms with Gasteiger partial charge in [-0.3, -0.25) is 0 Å². The van der Waals surface area contributed by atoms with Gasteiger partial charge in [-0.25, -0.2) is 4.99 Å². The van der Waals surface area contributed by atoms with Gasteiger partial charge in [0.1, 0.15) is 23.7 Å². The third kappa shape index (κ3) is 6.73. The van der Waals surface area contributed by atoms with Gasteiger partial charge in [-0.1, -0.05) is 37.3 Å². The summed E-state index contributed by atoms with van der Waals surface area (Å²) in [6.45, 7) is 4.87. The number of guanidine groups is 1. The van der Waals surface area contributed by atoms with E-state index in [0.717, 1.165) is 60.3 Å². The Morgan fingerprint density at radius 3 is 2.53 bits per heavy atom. The topological polar surface area (TPSA) is 85.6 Å². The molecule has 0 radical (unpaired) electrons. The van der Waals surface area contributed by atoms with Crippen LogP contribution in [0.25, 0.3) is 0 Å². The van der Waals surface area contributed by atoms with Gasteiger partial charge < -0.3 is 24.7 Å². The van der Waals surface area contributed by atoms with Gasteiger partial charge in [-0.2, -0.15) is 0 Å². The predicted molar refractivity (Wildman–Crippen MR) is 126 cm³/mol. The van der Waals surface area contributed by atoms with Gasteiger partial charge in [0.25, 0.3) is 0 Å². The highest BCUT2D eigenvalue weighted by Crippen LogP contribution is 2.17. The van der Waals surface area contributed by atoms with E-state index >= 15 is 0 Å². The summed E-state index contributed by atoms with van der Waals surface area (Å²) in [4.78, 5) is 4.77. The Balaban J connectivity index is 1.60. The molecule has 0 bridgehead atoms. The number of methoxy groups -OCH3 is 2. The SMILES string of the molecule is CCc1nncn1CCNC(=NCc1ccc(OC)cc1)NCCc1ccccc1OC. The molecule has 0 saturated heterocycles. The number of aliphatic imine (C=N–C) groups is 1. The zero-order chi connectivity index (χ0) is 22.6. The summed E-state index contributed by atoms with van der Waals surface area (Å²) < 4.78 is 12.7. The third-order valence-electron chi connectivity index (χ3n) is 5.12. The first-order valence-corrected chi connectivity index (χ1v) is 10.9. The van der Waals surface area contributed by atoms with Crippen molar-refractivity contribution < 1.29 is 9.47 Å². The van der Waals surface area contributed by atoms with Crippen LogP contribution in [0.15, 0.2) is 59.9 Å². The fourth-order valence-corrected chi connectivity index (χ4v) is 3.33. The van der Waals surface area contributed by atoms with Crippen LogP contribution in [0.2, 0.25) is 0 Å². The molecule has 0 fully saturated rings. The van der Waals surface area contributed by atoms with E-state index in [1.54, 1.807) is 20.5 Å². The van der Waals surface area contributed by atoms with E-state index in [-0.39, 0.29) is 0 Å². The van der Waals surface area contributed by atoms with Crippen LogP contribution in [0.1, 0.15) is 23.9 Å². The molecule has 2 N–H and O–H groups in total. The molecule has 1 heterocycles. The number of para-hydroxylation sites is 1. The smallest absolute Gasteiger partial charge is 0.191 e. The van der Waals surface area contributed by atoms with Gasteiger partial charge in [0, 0.05) is 26.1 Å². The van der Waals surface area contributed by atoms with Gasteiger partial charge >= 0.3 is 0 Å². The van der Waals surface area contributed by atoms with E-state index in [9.17, 15) is 0 Å².